The van der Waals surface area contributed by atoms with Crippen LogP contribution in [0.25, 0.3) is 0 Å². The average Bonchev–Trinajstić information content (AvgIpc) is 2.25. The molecular weight excluding hydrogens is 202 g/mol. The molecule has 1 heterocycles. The van der Waals surface area contributed by atoms with Crippen LogP contribution in [0.2, 0.25) is 0 Å². The summed E-state index contributed by atoms with van der Waals surface area (Å²) in [6.45, 7) is 7.70. The molecule has 1 aliphatic heterocycles. The van der Waals surface area contributed by atoms with Crippen molar-refractivity contribution in [2.45, 2.75) is 32.7 Å². The number of nitrogens with zero attached hydrogens (tertiary/aromatic N) is 1. The van der Waals surface area contributed by atoms with E-state index in [1.807, 2.05) is 0 Å². The van der Waals surface area contributed by atoms with E-state index in [0.717, 1.165) is 32.5 Å². The Kier molecular flexibility index (Phi) is 5.77. The Morgan fingerprint density at radius 3 is 2.56 bits per heavy atom. The van der Waals surface area contributed by atoms with Crippen molar-refractivity contribution in [3.63, 3.8) is 0 Å². The maximum absolute atomic E-state index is 11.5. The fourth-order valence-corrected chi connectivity index (χ4v) is 1.83. The molecule has 0 radical (unpaired) electrons. The minimum atomic E-state index is 0.118. The third-order valence-electron chi connectivity index (χ3n) is 2.98. The van der Waals surface area contributed by atoms with E-state index in [4.69, 9.17) is 0 Å². The number of carbonyl (C=O) groups is 1. The van der Waals surface area contributed by atoms with Crippen LogP contribution in [-0.4, -0.2) is 50.1 Å². The van der Waals surface area contributed by atoms with E-state index < -0.39 is 0 Å². The molecule has 1 fully saturated rings. The molecule has 0 bridgehead atoms. The van der Waals surface area contributed by atoms with E-state index in [0.29, 0.717) is 18.5 Å². The van der Waals surface area contributed by atoms with Gasteiger partial charge in [0, 0.05) is 12.6 Å². The molecule has 4 nitrogen and oxygen atoms in total. The van der Waals surface area contributed by atoms with Crippen molar-refractivity contribution in [1.29, 1.82) is 0 Å². The van der Waals surface area contributed by atoms with E-state index in [1.165, 1.54) is 0 Å². The Bertz CT molecular complexity index is 210. The number of amides is 1. The Morgan fingerprint density at radius 1 is 1.38 bits per heavy atom. The molecule has 1 saturated heterocycles. The lowest BCUT2D eigenvalue weighted by Crippen LogP contribution is -2.45. The second-order valence-corrected chi connectivity index (χ2v) is 5.16. The number of hydrogen-bond acceptors (Lipinski definition) is 3. The molecule has 0 atom stereocenters. The maximum Gasteiger partial charge on any atom is 0.233 e. The van der Waals surface area contributed by atoms with Crippen LogP contribution < -0.4 is 10.6 Å². The van der Waals surface area contributed by atoms with Crippen LogP contribution in [-0.2, 0) is 4.79 Å². The highest BCUT2D eigenvalue weighted by Gasteiger charge is 2.16. The largest absolute Gasteiger partial charge is 0.355 e. The second kappa shape index (κ2) is 6.86. The summed E-state index contributed by atoms with van der Waals surface area (Å²) in [6, 6.07) is 0.515. The predicted octanol–water partition coefficient (Wildman–Crippen LogP) is 0.442. The van der Waals surface area contributed by atoms with Gasteiger partial charge in [-0.2, -0.15) is 0 Å². The zero-order valence-corrected chi connectivity index (χ0v) is 10.8. The first-order valence-electron chi connectivity index (χ1n) is 6.26. The molecule has 0 saturated carbocycles. The lowest BCUT2D eigenvalue weighted by Gasteiger charge is -2.29. The molecule has 1 amide bonds. The highest BCUT2D eigenvalue weighted by atomic mass is 16.1. The molecule has 16 heavy (non-hydrogen) atoms. The van der Waals surface area contributed by atoms with Crippen LogP contribution >= 0.6 is 0 Å². The molecule has 4 heteroatoms. The number of rotatable bonds is 5. The van der Waals surface area contributed by atoms with Gasteiger partial charge < -0.3 is 15.5 Å². The van der Waals surface area contributed by atoms with Crippen molar-refractivity contribution < 1.29 is 4.79 Å². The van der Waals surface area contributed by atoms with Crippen LogP contribution in [0.15, 0.2) is 0 Å². The minimum Gasteiger partial charge on any atom is -0.355 e. The molecule has 0 unspecified atom stereocenters. The summed E-state index contributed by atoms with van der Waals surface area (Å²) in [6.07, 6.45) is 2.29. The van der Waals surface area contributed by atoms with Gasteiger partial charge in [-0.05, 0) is 38.9 Å². The smallest absolute Gasteiger partial charge is 0.233 e. The number of nitrogens with one attached hydrogen (secondary N) is 2. The molecule has 0 spiro atoms. The van der Waals surface area contributed by atoms with Crippen molar-refractivity contribution in [2.75, 3.05) is 33.2 Å². The molecule has 0 aromatic carbocycles. The van der Waals surface area contributed by atoms with Crippen molar-refractivity contribution in [2.24, 2.45) is 5.92 Å². The van der Waals surface area contributed by atoms with Crippen LogP contribution in [0.3, 0.4) is 0 Å². The van der Waals surface area contributed by atoms with E-state index in [9.17, 15) is 4.79 Å². The molecule has 0 aromatic rings. The SMILES string of the molecule is CC(C)CNC(=O)CNC1CCN(C)CC1. The van der Waals surface area contributed by atoms with Gasteiger partial charge in [0.1, 0.15) is 0 Å². The normalized spacial score (nSPS) is 19.0. The van der Waals surface area contributed by atoms with Crippen LogP contribution in [0, 0.1) is 5.92 Å². The highest BCUT2D eigenvalue weighted by Crippen LogP contribution is 2.07. The van der Waals surface area contributed by atoms with E-state index in [1.54, 1.807) is 0 Å². The molecular formula is C12H25N3O. The predicted molar refractivity (Wildman–Crippen MR) is 66.4 cm³/mol. The first kappa shape index (κ1) is 13.5. The third kappa shape index (κ3) is 5.47. The molecule has 1 aliphatic rings. The number of piperidine rings is 1. The van der Waals surface area contributed by atoms with Crippen molar-refractivity contribution >= 4 is 5.91 Å². The summed E-state index contributed by atoms with van der Waals surface area (Å²) in [5.41, 5.74) is 0. The Morgan fingerprint density at radius 2 is 2.00 bits per heavy atom. The molecule has 0 aliphatic carbocycles. The van der Waals surface area contributed by atoms with Crippen molar-refractivity contribution in [3.8, 4) is 0 Å². The summed E-state index contributed by atoms with van der Waals surface area (Å²) in [4.78, 5) is 13.8. The fourth-order valence-electron chi connectivity index (χ4n) is 1.83. The minimum absolute atomic E-state index is 0.118. The maximum atomic E-state index is 11.5. The standard InChI is InChI=1S/C12H25N3O/c1-10(2)8-14-12(16)9-13-11-4-6-15(3)7-5-11/h10-11,13H,4-9H2,1-3H3,(H,14,16). The van der Waals surface area contributed by atoms with Gasteiger partial charge in [-0.15, -0.1) is 0 Å². The summed E-state index contributed by atoms with van der Waals surface area (Å²) in [5.74, 6) is 0.639. The van der Waals surface area contributed by atoms with Gasteiger partial charge in [-0.3, -0.25) is 4.79 Å². The first-order valence-corrected chi connectivity index (χ1v) is 6.26. The van der Waals surface area contributed by atoms with Crippen LogP contribution in [0.5, 0.6) is 0 Å². The Balaban J connectivity index is 2.07. The zero-order valence-electron chi connectivity index (χ0n) is 10.8. The molecule has 2 N–H and O–H groups in total. The monoisotopic (exact) mass is 227 g/mol. The van der Waals surface area contributed by atoms with Gasteiger partial charge in [-0.1, -0.05) is 13.8 Å². The van der Waals surface area contributed by atoms with E-state index >= 15 is 0 Å². The van der Waals surface area contributed by atoms with Crippen LogP contribution in [0.4, 0.5) is 0 Å². The summed E-state index contributed by atoms with van der Waals surface area (Å²) in [5, 5.41) is 6.25. The van der Waals surface area contributed by atoms with Gasteiger partial charge in [0.15, 0.2) is 0 Å². The Hall–Kier alpha value is -0.610. The third-order valence-corrected chi connectivity index (χ3v) is 2.98. The summed E-state index contributed by atoms with van der Waals surface area (Å²) in [7, 11) is 2.14. The van der Waals surface area contributed by atoms with E-state index in [-0.39, 0.29) is 5.91 Å². The molecule has 94 valence electrons. The molecule has 1 rings (SSSR count). The average molecular weight is 227 g/mol. The van der Waals surface area contributed by atoms with Gasteiger partial charge in [0.05, 0.1) is 6.54 Å². The van der Waals surface area contributed by atoms with E-state index in [2.05, 4.69) is 36.4 Å². The van der Waals surface area contributed by atoms with Gasteiger partial charge in [0.2, 0.25) is 5.91 Å². The Labute approximate surface area is 98.8 Å². The van der Waals surface area contributed by atoms with Crippen molar-refractivity contribution in [3.05, 3.63) is 0 Å². The molecule has 0 aromatic heterocycles. The zero-order chi connectivity index (χ0) is 12.0. The second-order valence-electron chi connectivity index (χ2n) is 5.16. The quantitative estimate of drug-likeness (QED) is 0.716. The lowest BCUT2D eigenvalue weighted by molar-refractivity contribution is -0.120. The lowest BCUT2D eigenvalue weighted by atomic mass is 10.1. The van der Waals surface area contributed by atoms with Crippen LogP contribution in [0.1, 0.15) is 26.7 Å². The van der Waals surface area contributed by atoms with Gasteiger partial charge >= 0.3 is 0 Å². The number of carbonyl (C=O) groups excluding carboxylic acids is 1. The van der Waals surface area contributed by atoms with Crippen molar-refractivity contribution in [1.82, 2.24) is 15.5 Å². The van der Waals surface area contributed by atoms with Gasteiger partial charge in [-0.25, -0.2) is 0 Å². The topological polar surface area (TPSA) is 44.4 Å². The summed E-state index contributed by atoms with van der Waals surface area (Å²) < 4.78 is 0. The first-order chi connectivity index (χ1) is 7.58. The fraction of sp³-hybridized carbons (Fsp3) is 0.917. The number of likely N-dealkylation sites (tertiary alicyclic amines) is 1. The number of hydrogen-bond donors (Lipinski definition) is 2. The highest BCUT2D eigenvalue weighted by molar-refractivity contribution is 5.77. The van der Waals surface area contributed by atoms with Gasteiger partial charge in [0.25, 0.3) is 0 Å². The summed E-state index contributed by atoms with van der Waals surface area (Å²) >= 11 is 0.